The molecule has 0 spiro atoms. The van der Waals surface area contributed by atoms with Gasteiger partial charge in [-0.05, 0) is 6.07 Å². The summed E-state index contributed by atoms with van der Waals surface area (Å²) in [5.41, 5.74) is 0.834. The van der Waals surface area contributed by atoms with E-state index in [1.807, 2.05) is 0 Å². The molecule has 2 rings (SSSR count). The van der Waals surface area contributed by atoms with Crippen molar-refractivity contribution in [3.8, 4) is 5.75 Å². The van der Waals surface area contributed by atoms with Crippen molar-refractivity contribution in [3.63, 3.8) is 0 Å². The van der Waals surface area contributed by atoms with Gasteiger partial charge in [0.2, 0.25) is 0 Å². The minimum atomic E-state index is -0.506. The quantitative estimate of drug-likeness (QED) is 0.473. The molecule has 0 aliphatic carbocycles. The maximum Gasteiger partial charge on any atom is 0.341 e. The normalized spacial score (nSPS) is 11.0. The molecule has 0 unspecified atom stereocenters. The van der Waals surface area contributed by atoms with Gasteiger partial charge in [0.1, 0.15) is 11.9 Å². The largest absolute Gasteiger partial charge is 0.503 e. The van der Waals surface area contributed by atoms with E-state index < -0.39 is 5.97 Å². The average molecular weight is 274 g/mol. The van der Waals surface area contributed by atoms with Gasteiger partial charge in [-0.25, -0.2) is 9.78 Å². The molecule has 0 atom stereocenters. The van der Waals surface area contributed by atoms with Crippen LogP contribution in [0.25, 0.3) is 5.57 Å². The van der Waals surface area contributed by atoms with Crippen LogP contribution < -0.4 is 4.84 Å². The van der Waals surface area contributed by atoms with E-state index in [0.717, 1.165) is 0 Å². The van der Waals surface area contributed by atoms with Crippen molar-refractivity contribution in [3.05, 3.63) is 54.8 Å². The Bertz CT molecular complexity index is 605. The summed E-state index contributed by atoms with van der Waals surface area (Å²) in [6.45, 7) is 0. The number of carbonyl (C=O) groups is 1. The number of para-hydroxylation sites is 1. The second kappa shape index (κ2) is 6.42. The third-order valence-electron chi connectivity index (χ3n) is 2.50. The SMILES string of the molecule is CO/C=C(\C(=O)OC)c1ccccc1On1ccnc1. The fraction of sp³-hybridized carbons (Fsp3) is 0.143. The molecule has 0 fully saturated rings. The Hall–Kier alpha value is -2.76. The molecule has 0 saturated carbocycles. The van der Waals surface area contributed by atoms with Gasteiger partial charge in [0.05, 0.1) is 26.7 Å². The molecule has 6 heteroatoms. The Labute approximate surface area is 116 Å². The van der Waals surface area contributed by atoms with Crippen molar-refractivity contribution in [2.45, 2.75) is 0 Å². The van der Waals surface area contributed by atoms with Crippen molar-refractivity contribution in [2.75, 3.05) is 14.2 Å². The van der Waals surface area contributed by atoms with E-state index in [9.17, 15) is 4.79 Å². The van der Waals surface area contributed by atoms with Crippen LogP contribution >= 0.6 is 0 Å². The molecule has 104 valence electrons. The smallest absolute Gasteiger partial charge is 0.341 e. The van der Waals surface area contributed by atoms with E-state index in [4.69, 9.17) is 14.3 Å². The minimum Gasteiger partial charge on any atom is -0.503 e. The molecular formula is C14H14N2O4. The standard InChI is InChI=1S/C14H14N2O4/c1-18-9-12(14(17)19-2)11-5-3-4-6-13(11)20-16-8-7-15-10-16/h3-10H,1-2H3/b12-9-. The molecule has 0 N–H and O–H groups in total. The molecule has 20 heavy (non-hydrogen) atoms. The van der Waals surface area contributed by atoms with Gasteiger partial charge in [0, 0.05) is 11.8 Å². The molecule has 0 aliphatic rings. The number of ether oxygens (including phenoxy) is 2. The predicted molar refractivity (Wildman–Crippen MR) is 71.7 cm³/mol. The molecule has 1 aromatic heterocycles. The number of methoxy groups -OCH3 is 2. The lowest BCUT2D eigenvalue weighted by atomic mass is 10.1. The number of carbonyl (C=O) groups excluding carboxylic acids is 1. The highest BCUT2D eigenvalue weighted by Crippen LogP contribution is 2.27. The van der Waals surface area contributed by atoms with Crippen molar-refractivity contribution in [2.24, 2.45) is 0 Å². The number of imidazole rings is 1. The molecule has 1 heterocycles. The number of aromatic nitrogens is 2. The molecule has 6 nitrogen and oxygen atoms in total. The van der Waals surface area contributed by atoms with E-state index >= 15 is 0 Å². The van der Waals surface area contributed by atoms with E-state index in [1.165, 1.54) is 31.5 Å². The Kier molecular flexibility index (Phi) is 4.39. The fourth-order valence-electron chi connectivity index (χ4n) is 1.63. The predicted octanol–water partition coefficient (Wildman–Crippen LogP) is 1.89. The summed E-state index contributed by atoms with van der Waals surface area (Å²) in [5, 5.41) is 0. The lowest BCUT2D eigenvalue weighted by Crippen LogP contribution is -2.08. The van der Waals surface area contributed by atoms with Crippen molar-refractivity contribution >= 4 is 11.5 Å². The zero-order valence-corrected chi connectivity index (χ0v) is 11.1. The molecule has 0 aliphatic heterocycles. The Morgan fingerprint density at radius 1 is 1.30 bits per heavy atom. The lowest BCUT2D eigenvalue weighted by molar-refractivity contribution is -0.133. The third kappa shape index (κ3) is 2.97. The van der Waals surface area contributed by atoms with Gasteiger partial charge in [0.25, 0.3) is 0 Å². The summed E-state index contributed by atoms with van der Waals surface area (Å²) in [5.74, 6) is -0.0206. The first-order valence-corrected chi connectivity index (χ1v) is 5.83. The lowest BCUT2D eigenvalue weighted by Gasteiger charge is -2.12. The van der Waals surface area contributed by atoms with Crippen LogP contribution in [0.5, 0.6) is 5.75 Å². The van der Waals surface area contributed by atoms with Gasteiger partial charge in [-0.15, -0.1) is 0 Å². The van der Waals surface area contributed by atoms with Crippen LogP contribution in [0.15, 0.2) is 49.2 Å². The van der Waals surface area contributed by atoms with E-state index in [1.54, 1.807) is 36.7 Å². The van der Waals surface area contributed by atoms with E-state index in [-0.39, 0.29) is 5.57 Å². The second-order valence-corrected chi connectivity index (χ2v) is 3.77. The molecule has 1 aromatic carbocycles. The summed E-state index contributed by atoms with van der Waals surface area (Å²) in [7, 11) is 2.77. The first-order chi connectivity index (χ1) is 9.76. The average Bonchev–Trinajstić information content (AvgIpc) is 2.98. The van der Waals surface area contributed by atoms with Crippen LogP contribution in [0, 0.1) is 0 Å². The molecule has 2 aromatic rings. The number of rotatable bonds is 5. The van der Waals surface area contributed by atoms with E-state index in [2.05, 4.69) is 4.98 Å². The van der Waals surface area contributed by atoms with Crippen LogP contribution in [-0.4, -0.2) is 29.9 Å². The molecular weight excluding hydrogens is 260 g/mol. The number of nitrogens with zero attached hydrogens (tertiary/aromatic N) is 2. The van der Waals surface area contributed by atoms with Crippen molar-refractivity contribution in [1.29, 1.82) is 0 Å². The highest BCUT2D eigenvalue weighted by Gasteiger charge is 2.18. The monoisotopic (exact) mass is 274 g/mol. The van der Waals surface area contributed by atoms with Gasteiger partial charge >= 0.3 is 5.97 Å². The van der Waals surface area contributed by atoms with E-state index in [0.29, 0.717) is 11.3 Å². The minimum absolute atomic E-state index is 0.269. The Morgan fingerprint density at radius 2 is 2.10 bits per heavy atom. The van der Waals surface area contributed by atoms with Crippen LogP contribution in [-0.2, 0) is 14.3 Å². The molecule has 0 saturated heterocycles. The zero-order valence-electron chi connectivity index (χ0n) is 11.1. The van der Waals surface area contributed by atoms with Gasteiger partial charge in [-0.3, -0.25) is 0 Å². The van der Waals surface area contributed by atoms with Gasteiger partial charge in [-0.2, -0.15) is 4.73 Å². The Balaban J connectivity index is 2.40. The maximum atomic E-state index is 11.8. The highest BCUT2D eigenvalue weighted by atomic mass is 16.7. The summed E-state index contributed by atoms with van der Waals surface area (Å²) in [6, 6.07) is 7.08. The number of hydrogen-bond donors (Lipinski definition) is 0. The molecule has 0 radical (unpaired) electrons. The summed E-state index contributed by atoms with van der Waals surface area (Å²) >= 11 is 0. The van der Waals surface area contributed by atoms with Gasteiger partial charge in [0.15, 0.2) is 5.75 Å². The number of benzene rings is 1. The van der Waals surface area contributed by atoms with Crippen LogP contribution in [0.2, 0.25) is 0 Å². The Morgan fingerprint density at radius 3 is 2.75 bits per heavy atom. The topological polar surface area (TPSA) is 62.6 Å². The summed E-state index contributed by atoms with van der Waals surface area (Å²) in [4.78, 5) is 21.3. The van der Waals surface area contributed by atoms with Gasteiger partial charge in [-0.1, -0.05) is 18.2 Å². The molecule has 0 amide bonds. The second-order valence-electron chi connectivity index (χ2n) is 3.77. The third-order valence-corrected chi connectivity index (χ3v) is 2.50. The first kappa shape index (κ1) is 13.7. The number of esters is 1. The highest BCUT2D eigenvalue weighted by molar-refractivity contribution is 6.16. The number of hydrogen-bond acceptors (Lipinski definition) is 5. The van der Waals surface area contributed by atoms with Crippen LogP contribution in [0.1, 0.15) is 5.56 Å². The first-order valence-electron chi connectivity index (χ1n) is 5.83. The van der Waals surface area contributed by atoms with Crippen molar-refractivity contribution in [1.82, 2.24) is 9.71 Å². The zero-order chi connectivity index (χ0) is 14.4. The van der Waals surface area contributed by atoms with Crippen LogP contribution in [0.4, 0.5) is 0 Å². The summed E-state index contributed by atoms with van der Waals surface area (Å²) < 4.78 is 11.1. The summed E-state index contributed by atoms with van der Waals surface area (Å²) in [6.07, 6.45) is 6.07. The van der Waals surface area contributed by atoms with Crippen LogP contribution in [0.3, 0.4) is 0 Å². The molecule has 0 bridgehead atoms. The maximum absolute atomic E-state index is 11.8. The van der Waals surface area contributed by atoms with Crippen molar-refractivity contribution < 1.29 is 19.1 Å². The van der Waals surface area contributed by atoms with Gasteiger partial charge < -0.3 is 14.3 Å². The fourth-order valence-corrected chi connectivity index (χ4v) is 1.63.